The maximum absolute atomic E-state index is 12.8. The Morgan fingerprint density at radius 3 is 2.67 bits per heavy atom. The Morgan fingerprint density at radius 2 is 1.88 bits per heavy atom. The van der Waals surface area contributed by atoms with E-state index in [2.05, 4.69) is 22.8 Å². The molecule has 0 saturated carbocycles. The van der Waals surface area contributed by atoms with E-state index in [9.17, 15) is 19.2 Å². The maximum atomic E-state index is 12.8. The van der Waals surface area contributed by atoms with E-state index in [1.165, 1.54) is 28.9 Å². The van der Waals surface area contributed by atoms with Crippen molar-refractivity contribution in [2.45, 2.75) is 33.1 Å². The molecule has 9 nitrogen and oxygen atoms in total. The summed E-state index contributed by atoms with van der Waals surface area (Å²) >= 11 is 8.93. The van der Waals surface area contributed by atoms with Crippen LogP contribution in [-0.2, 0) is 27.2 Å². The van der Waals surface area contributed by atoms with E-state index in [0.717, 1.165) is 33.4 Å². The summed E-state index contributed by atoms with van der Waals surface area (Å²) in [7, 11) is 0. The van der Waals surface area contributed by atoms with Crippen LogP contribution in [0.1, 0.15) is 56.3 Å². The van der Waals surface area contributed by atoms with Gasteiger partial charge in [0.1, 0.15) is 15.6 Å². The molecule has 1 atom stereocenters. The summed E-state index contributed by atoms with van der Waals surface area (Å²) in [6.07, 6.45) is 3.74. The lowest BCUT2D eigenvalue weighted by molar-refractivity contribution is -0.136. The minimum atomic E-state index is -1.01. The molecule has 2 amide bonds. The Balaban J connectivity index is 1.22. The van der Waals surface area contributed by atoms with Gasteiger partial charge in [0.2, 0.25) is 0 Å². The quantitative estimate of drug-likeness (QED) is 0.0828. The van der Waals surface area contributed by atoms with Crippen LogP contribution in [0.5, 0.6) is 5.75 Å². The van der Waals surface area contributed by atoms with Crippen LogP contribution in [0.2, 0.25) is 5.02 Å². The molecule has 2 heterocycles. The molecule has 12 heteroatoms. The second-order valence-corrected chi connectivity index (χ2v) is 12.2. The molecule has 2 aromatic carbocycles. The third kappa shape index (κ3) is 6.38. The van der Waals surface area contributed by atoms with Gasteiger partial charge in [0, 0.05) is 15.0 Å². The van der Waals surface area contributed by atoms with Crippen LogP contribution in [-0.4, -0.2) is 36.6 Å². The lowest BCUT2D eigenvalue weighted by Crippen LogP contribution is -2.32. The zero-order valence-corrected chi connectivity index (χ0v) is 25.1. The number of amides is 2. The zero-order valence-electron chi connectivity index (χ0n) is 22.7. The van der Waals surface area contributed by atoms with Gasteiger partial charge in [0.15, 0.2) is 0 Å². The van der Waals surface area contributed by atoms with E-state index in [1.807, 2.05) is 24.3 Å². The summed E-state index contributed by atoms with van der Waals surface area (Å²) in [5.74, 6) is -2.37. The van der Waals surface area contributed by atoms with Crippen LogP contribution < -0.4 is 15.5 Å². The minimum absolute atomic E-state index is 0.196. The van der Waals surface area contributed by atoms with Crippen LogP contribution in [0, 0.1) is 5.92 Å². The lowest BCUT2D eigenvalue weighted by Gasteiger charge is -2.18. The van der Waals surface area contributed by atoms with Crippen molar-refractivity contribution in [2.24, 2.45) is 11.0 Å². The van der Waals surface area contributed by atoms with E-state index in [-0.39, 0.29) is 12.4 Å². The number of carbonyl (C=O) groups is 4. The summed E-state index contributed by atoms with van der Waals surface area (Å²) in [5, 5.41) is 7.83. The van der Waals surface area contributed by atoms with Crippen LogP contribution in [0.4, 0.5) is 5.00 Å². The van der Waals surface area contributed by atoms with Gasteiger partial charge in [0.05, 0.1) is 23.4 Å². The zero-order chi connectivity index (χ0) is 29.8. The van der Waals surface area contributed by atoms with Crippen molar-refractivity contribution in [1.82, 2.24) is 5.43 Å². The molecular weight excluding hydrogens is 598 g/mol. The van der Waals surface area contributed by atoms with Crippen LogP contribution in [0.3, 0.4) is 0 Å². The van der Waals surface area contributed by atoms with E-state index in [4.69, 9.17) is 21.1 Å². The fourth-order valence-electron chi connectivity index (χ4n) is 4.59. The van der Waals surface area contributed by atoms with E-state index in [1.54, 1.807) is 31.2 Å². The molecule has 5 rings (SSSR count). The highest BCUT2D eigenvalue weighted by Crippen LogP contribution is 2.40. The topological polar surface area (TPSA) is 123 Å². The lowest BCUT2D eigenvalue weighted by atomic mass is 9.88. The summed E-state index contributed by atoms with van der Waals surface area (Å²) in [4.78, 5) is 51.9. The first kappa shape index (κ1) is 29.4. The fraction of sp³-hybridized carbons (Fsp3) is 0.233. The second-order valence-electron chi connectivity index (χ2n) is 9.63. The third-order valence-electron chi connectivity index (χ3n) is 6.59. The van der Waals surface area contributed by atoms with Gasteiger partial charge in [-0.3, -0.25) is 9.59 Å². The highest BCUT2D eigenvalue weighted by Gasteiger charge is 2.30. The van der Waals surface area contributed by atoms with Gasteiger partial charge in [-0.05, 0) is 61.4 Å². The molecule has 2 N–H and O–H groups in total. The first-order valence-electron chi connectivity index (χ1n) is 13.2. The molecule has 1 aliphatic carbocycles. The minimum Gasteiger partial charge on any atom is -0.462 e. The Bertz CT molecular complexity index is 1730. The monoisotopic (exact) mass is 623 g/mol. The number of carbonyl (C=O) groups excluding carboxylic acids is 4. The molecule has 216 valence electrons. The fourth-order valence-corrected chi connectivity index (χ4v) is 7.37. The van der Waals surface area contributed by atoms with Gasteiger partial charge in [0.25, 0.3) is 0 Å². The predicted octanol–water partition coefficient (Wildman–Crippen LogP) is 6.23. The van der Waals surface area contributed by atoms with E-state index < -0.39 is 23.8 Å². The maximum Gasteiger partial charge on any atom is 0.355 e. The average molecular weight is 624 g/mol. The van der Waals surface area contributed by atoms with Gasteiger partial charge in [-0.15, -0.1) is 22.7 Å². The van der Waals surface area contributed by atoms with Crippen molar-refractivity contribution in [3.8, 4) is 5.75 Å². The van der Waals surface area contributed by atoms with Crippen molar-refractivity contribution < 1.29 is 28.7 Å². The second kappa shape index (κ2) is 12.8. The van der Waals surface area contributed by atoms with E-state index >= 15 is 0 Å². The summed E-state index contributed by atoms with van der Waals surface area (Å²) in [6, 6.07) is 13.9. The number of hydrazone groups is 1. The summed E-state index contributed by atoms with van der Waals surface area (Å²) in [5.41, 5.74) is 3.88. The largest absolute Gasteiger partial charge is 0.462 e. The number of benzene rings is 2. The number of esters is 2. The van der Waals surface area contributed by atoms with Crippen LogP contribution >= 0.6 is 34.3 Å². The number of nitrogens with zero attached hydrogens (tertiary/aromatic N) is 1. The predicted molar refractivity (Wildman–Crippen MR) is 164 cm³/mol. The standard InChI is InChI=1S/C30H26ClN3O6S2/c1-3-39-29(37)23-19-12-11-16(2)13-22(19)42-28(23)33-26(35)27(36)34-32-15-17-7-6-8-18(14-17)40-30(38)25-24(31)20-9-4-5-10-21(20)41-25/h4-10,14-16H,3,11-13H2,1-2H3,(H,33,35)(H,34,36)/b32-15+. The smallest absolute Gasteiger partial charge is 0.355 e. The van der Waals surface area contributed by atoms with Crippen molar-refractivity contribution in [3.05, 3.63) is 80.0 Å². The molecule has 0 saturated heterocycles. The molecule has 1 aliphatic rings. The van der Waals surface area contributed by atoms with Crippen molar-refractivity contribution >= 4 is 79.3 Å². The molecule has 2 aromatic heterocycles. The molecule has 1 unspecified atom stereocenters. The molecule has 0 bridgehead atoms. The SMILES string of the molecule is CCOC(=O)c1c(NC(=O)C(=O)N/N=C/c2cccc(OC(=O)c3sc4ccccc4c3Cl)c2)sc2c1CCC(C)C2. The number of fused-ring (bicyclic) bond motifs is 2. The van der Waals surface area contributed by atoms with Gasteiger partial charge in [-0.1, -0.05) is 48.9 Å². The first-order valence-corrected chi connectivity index (χ1v) is 15.2. The Hall–Kier alpha value is -4.06. The van der Waals surface area contributed by atoms with E-state index in [0.29, 0.717) is 38.4 Å². The summed E-state index contributed by atoms with van der Waals surface area (Å²) < 4.78 is 11.6. The molecule has 0 aliphatic heterocycles. The highest BCUT2D eigenvalue weighted by molar-refractivity contribution is 7.21. The number of nitrogens with one attached hydrogen (secondary N) is 2. The van der Waals surface area contributed by atoms with Gasteiger partial charge in [-0.2, -0.15) is 5.10 Å². The number of thiophene rings is 2. The number of hydrogen-bond donors (Lipinski definition) is 2. The van der Waals surface area contributed by atoms with Crippen molar-refractivity contribution in [3.63, 3.8) is 0 Å². The molecule has 42 heavy (non-hydrogen) atoms. The van der Waals surface area contributed by atoms with Crippen molar-refractivity contribution in [2.75, 3.05) is 11.9 Å². The average Bonchev–Trinajstić information content (AvgIpc) is 3.50. The van der Waals surface area contributed by atoms with Crippen LogP contribution in [0.15, 0.2) is 53.6 Å². The van der Waals surface area contributed by atoms with Gasteiger partial charge >= 0.3 is 23.8 Å². The normalized spacial score (nSPS) is 14.4. The van der Waals surface area contributed by atoms with Crippen molar-refractivity contribution in [1.29, 1.82) is 0 Å². The van der Waals surface area contributed by atoms with Gasteiger partial charge < -0.3 is 14.8 Å². The molecular formula is C30H26ClN3O6S2. The number of rotatable bonds is 7. The highest BCUT2D eigenvalue weighted by atomic mass is 35.5. The number of ether oxygens (including phenoxy) is 2. The Morgan fingerprint density at radius 1 is 1.07 bits per heavy atom. The molecule has 0 radical (unpaired) electrons. The molecule has 0 fully saturated rings. The Labute approximate surface area is 254 Å². The number of halogens is 1. The molecule has 0 spiro atoms. The van der Waals surface area contributed by atoms with Crippen LogP contribution in [0.25, 0.3) is 10.1 Å². The first-order chi connectivity index (χ1) is 20.2. The number of anilines is 1. The number of hydrogen-bond acceptors (Lipinski definition) is 9. The Kier molecular flexibility index (Phi) is 9.00. The molecule has 4 aromatic rings. The third-order valence-corrected chi connectivity index (χ3v) is 9.42. The van der Waals surface area contributed by atoms with Gasteiger partial charge in [-0.25, -0.2) is 15.0 Å². The summed E-state index contributed by atoms with van der Waals surface area (Å²) in [6.45, 7) is 4.04.